The van der Waals surface area contributed by atoms with Gasteiger partial charge in [0.15, 0.2) is 5.78 Å². The molecule has 20 heavy (non-hydrogen) atoms. The Morgan fingerprint density at radius 1 is 1.05 bits per heavy atom. The first-order valence-electron chi connectivity index (χ1n) is 7.20. The fourth-order valence-electron chi connectivity index (χ4n) is 1.88. The quantitative estimate of drug-likeness (QED) is 0.535. The molecule has 4 nitrogen and oxygen atoms in total. The standard InChI is InChI=1S/C16H24N2O2/c1-3-13-5-7-14(8-6-13)15(19)9-10-16(20)18-12-4-11-17-2/h5-8,17H,3-4,9-12H2,1-2H3,(H,18,20). The van der Waals surface area contributed by atoms with Crippen molar-refractivity contribution in [2.75, 3.05) is 20.1 Å². The highest BCUT2D eigenvalue weighted by Crippen LogP contribution is 2.08. The number of benzene rings is 1. The van der Waals surface area contributed by atoms with Crippen LogP contribution in [0.5, 0.6) is 0 Å². The van der Waals surface area contributed by atoms with Gasteiger partial charge in [-0.2, -0.15) is 0 Å². The van der Waals surface area contributed by atoms with Gasteiger partial charge in [-0.15, -0.1) is 0 Å². The number of amides is 1. The summed E-state index contributed by atoms with van der Waals surface area (Å²) in [5, 5.41) is 5.83. The van der Waals surface area contributed by atoms with Gasteiger partial charge in [0.2, 0.25) is 5.91 Å². The second kappa shape index (κ2) is 9.26. The fraction of sp³-hybridized carbons (Fsp3) is 0.500. The Bertz CT molecular complexity index is 427. The molecule has 0 spiro atoms. The maximum absolute atomic E-state index is 11.9. The number of aryl methyl sites for hydroxylation is 1. The molecule has 0 aromatic heterocycles. The Hall–Kier alpha value is -1.68. The fourth-order valence-corrected chi connectivity index (χ4v) is 1.88. The summed E-state index contributed by atoms with van der Waals surface area (Å²) >= 11 is 0. The van der Waals surface area contributed by atoms with Gasteiger partial charge in [0.05, 0.1) is 0 Å². The van der Waals surface area contributed by atoms with Crippen molar-refractivity contribution in [2.45, 2.75) is 32.6 Å². The molecule has 1 aromatic carbocycles. The van der Waals surface area contributed by atoms with Crippen molar-refractivity contribution in [1.82, 2.24) is 10.6 Å². The molecule has 0 saturated carbocycles. The average Bonchev–Trinajstić information content (AvgIpc) is 2.49. The van der Waals surface area contributed by atoms with Gasteiger partial charge in [-0.3, -0.25) is 9.59 Å². The van der Waals surface area contributed by atoms with E-state index in [0.717, 1.165) is 19.4 Å². The third-order valence-corrected chi connectivity index (χ3v) is 3.19. The average molecular weight is 276 g/mol. The molecule has 0 saturated heterocycles. The summed E-state index contributed by atoms with van der Waals surface area (Å²) in [6.07, 6.45) is 2.38. The van der Waals surface area contributed by atoms with Crippen LogP contribution >= 0.6 is 0 Å². The Morgan fingerprint density at radius 3 is 2.35 bits per heavy atom. The minimum absolute atomic E-state index is 0.0260. The monoisotopic (exact) mass is 276 g/mol. The van der Waals surface area contributed by atoms with Gasteiger partial charge >= 0.3 is 0 Å². The maximum Gasteiger partial charge on any atom is 0.220 e. The smallest absolute Gasteiger partial charge is 0.220 e. The van der Waals surface area contributed by atoms with Crippen molar-refractivity contribution in [2.24, 2.45) is 0 Å². The van der Waals surface area contributed by atoms with Crippen LogP contribution in [0.3, 0.4) is 0 Å². The number of carbonyl (C=O) groups excluding carboxylic acids is 2. The van der Waals surface area contributed by atoms with Crippen LogP contribution in [0, 0.1) is 0 Å². The second-order valence-corrected chi connectivity index (χ2v) is 4.78. The van der Waals surface area contributed by atoms with Crippen LogP contribution in [0.4, 0.5) is 0 Å². The number of nitrogens with one attached hydrogen (secondary N) is 2. The molecular formula is C16H24N2O2. The molecule has 0 fully saturated rings. The molecule has 110 valence electrons. The van der Waals surface area contributed by atoms with Crippen LogP contribution in [0.25, 0.3) is 0 Å². The molecule has 1 rings (SSSR count). The Labute approximate surface area is 121 Å². The first kappa shape index (κ1) is 16.4. The molecule has 4 heteroatoms. The van der Waals surface area contributed by atoms with Gasteiger partial charge in [0, 0.05) is 24.9 Å². The lowest BCUT2D eigenvalue weighted by Crippen LogP contribution is -2.26. The number of ketones is 1. The van der Waals surface area contributed by atoms with E-state index in [1.54, 1.807) is 0 Å². The molecule has 0 aliphatic rings. The van der Waals surface area contributed by atoms with E-state index >= 15 is 0 Å². The molecule has 1 amide bonds. The third kappa shape index (κ3) is 5.97. The zero-order valence-electron chi connectivity index (χ0n) is 12.4. The lowest BCUT2D eigenvalue weighted by molar-refractivity contribution is -0.121. The van der Waals surface area contributed by atoms with E-state index in [4.69, 9.17) is 0 Å². The van der Waals surface area contributed by atoms with Crippen molar-refractivity contribution in [3.63, 3.8) is 0 Å². The lowest BCUT2D eigenvalue weighted by atomic mass is 10.0. The predicted octanol–water partition coefficient (Wildman–Crippen LogP) is 1.94. The second-order valence-electron chi connectivity index (χ2n) is 4.78. The van der Waals surface area contributed by atoms with Crippen LogP contribution in [0.2, 0.25) is 0 Å². The zero-order chi connectivity index (χ0) is 14.8. The summed E-state index contributed by atoms with van der Waals surface area (Å²) < 4.78 is 0. The number of carbonyl (C=O) groups is 2. The first-order chi connectivity index (χ1) is 9.67. The van der Waals surface area contributed by atoms with Crippen LogP contribution in [0.1, 0.15) is 42.1 Å². The normalized spacial score (nSPS) is 10.3. The number of hydrogen-bond donors (Lipinski definition) is 2. The summed E-state index contributed by atoms with van der Waals surface area (Å²) in [4.78, 5) is 23.5. The van der Waals surface area contributed by atoms with Crippen molar-refractivity contribution in [1.29, 1.82) is 0 Å². The zero-order valence-corrected chi connectivity index (χ0v) is 12.4. The lowest BCUT2D eigenvalue weighted by Gasteiger charge is -2.05. The molecule has 0 atom stereocenters. The van der Waals surface area contributed by atoms with E-state index < -0.39 is 0 Å². The minimum Gasteiger partial charge on any atom is -0.356 e. The summed E-state index contributed by atoms with van der Waals surface area (Å²) in [5.74, 6) is -0.0299. The van der Waals surface area contributed by atoms with Crippen LogP contribution in [-0.4, -0.2) is 31.8 Å². The highest BCUT2D eigenvalue weighted by atomic mass is 16.2. The largest absolute Gasteiger partial charge is 0.356 e. The van der Waals surface area contributed by atoms with E-state index in [0.29, 0.717) is 12.1 Å². The predicted molar refractivity (Wildman–Crippen MR) is 80.9 cm³/mol. The molecule has 0 aliphatic carbocycles. The molecule has 1 aromatic rings. The third-order valence-electron chi connectivity index (χ3n) is 3.19. The minimum atomic E-state index is -0.0559. The van der Waals surface area contributed by atoms with Crippen molar-refractivity contribution in [3.05, 3.63) is 35.4 Å². The molecular weight excluding hydrogens is 252 g/mol. The highest BCUT2D eigenvalue weighted by Gasteiger charge is 2.08. The van der Waals surface area contributed by atoms with E-state index in [1.807, 2.05) is 31.3 Å². The SMILES string of the molecule is CCc1ccc(C(=O)CCC(=O)NCCCNC)cc1. The summed E-state index contributed by atoms with van der Waals surface area (Å²) in [5.41, 5.74) is 1.90. The maximum atomic E-state index is 11.9. The van der Waals surface area contributed by atoms with E-state index in [-0.39, 0.29) is 24.5 Å². The van der Waals surface area contributed by atoms with Crippen molar-refractivity contribution >= 4 is 11.7 Å². The molecule has 2 N–H and O–H groups in total. The number of rotatable bonds is 9. The van der Waals surface area contributed by atoms with Crippen molar-refractivity contribution in [3.8, 4) is 0 Å². The van der Waals surface area contributed by atoms with Gasteiger partial charge in [-0.1, -0.05) is 31.2 Å². The number of Topliss-reactive ketones (excluding diaryl/α,β-unsaturated/α-hetero) is 1. The van der Waals surface area contributed by atoms with Crippen LogP contribution < -0.4 is 10.6 Å². The summed E-state index contributed by atoms with van der Waals surface area (Å²) in [6.45, 7) is 3.61. The van der Waals surface area contributed by atoms with Crippen LogP contribution in [0.15, 0.2) is 24.3 Å². The first-order valence-corrected chi connectivity index (χ1v) is 7.20. The summed E-state index contributed by atoms with van der Waals surface area (Å²) in [7, 11) is 1.88. The van der Waals surface area contributed by atoms with E-state index in [2.05, 4.69) is 17.6 Å². The van der Waals surface area contributed by atoms with E-state index in [1.165, 1.54) is 5.56 Å². The topological polar surface area (TPSA) is 58.2 Å². The molecule has 0 bridgehead atoms. The molecule has 0 heterocycles. The Balaban J connectivity index is 2.29. The van der Waals surface area contributed by atoms with Gasteiger partial charge in [-0.05, 0) is 32.0 Å². The van der Waals surface area contributed by atoms with Gasteiger partial charge in [0.25, 0.3) is 0 Å². The van der Waals surface area contributed by atoms with Crippen LogP contribution in [-0.2, 0) is 11.2 Å². The number of hydrogen-bond acceptors (Lipinski definition) is 3. The molecule has 0 aliphatic heterocycles. The van der Waals surface area contributed by atoms with Gasteiger partial charge in [-0.25, -0.2) is 0 Å². The van der Waals surface area contributed by atoms with Gasteiger partial charge in [0.1, 0.15) is 0 Å². The van der Waals surface area contributed by atoms with Crippen molar-refractivity contribution < 1.29 is 9.59 Å². The highest BCUT2D eigenvalue weighted by molar-refractivity contribution is 5.97. The summed E-state index contributed by atoms with van der Waals surface area (Å²) in [6, 6.07) is 7.61. The molecule has 0 radical (unpaired) electrons. The Kier molecular flexibility index (Phi) is 7.58. The molecule has 0 unspecified atom stereocenters. The van der Waals surface area contributed by atoms with Gasteiger partial charge < -0.3 is 10.6 Å². The Morgan fingerprint density at radius 2 is 1.75 bits per heavy atom. The van der Waals surface area contributed by atoms with E-state index in [9.17, 15) is 9.59 Å².